The fourth-order valence-corrected chi connectivity index (χ4v) is 6.46. The summed E-state index contributed by atoms with van der Waals surface area (Å²) in [6.07, 6.45) is 6.18. The molecule has 5 rings (SSSR count). The van der Waals surface area contributed by atoms with Crippen LogP contribution < -0.4 is 11.3 Å². The molecule has 0 spiro atoms. The second-order valence-electron chi connectivity index (χ2n) is 7.26. The van der Waals surface area contributed by atoms with Crippen molar-refractivity contribution in [2.45, 2.75) is 45.4 Å². The second kappa shape index (κ2) is 8.80. The summed E-state index contributed by atoms with van der Waals surface area (Å²) in [6.45, 7) is 1.98. The monoisotopic (exact) mass is 461 g/mol. The highest BCUT2D eigenvalue weighted by Gasteiger charge is 2.25. The Bertz CT molecular complexity index is 1220. The van der Waals surface area contributed by atoms with Gasteiger partial charge in [0.05, 0.1) is 24.7 Å². The summed E-state index contributed by atoms with van der Waals surface area (Å²) in [6, 6.07) is 0. The van der Waals surface area contributed by atoms with Gasteiger partial charge in [0.15, 0.2) is 0 Å². The van der Waals surface area contributed by atoms with Crippen molar-refractivity contribution in [3.8, 4) is 0 Å². The van der Waals surface area contributed by atoms with E-state index in [4.69, 9.17) is 10.5 Å². The topological polar surface area (TPSA) is 124 Å². The fraction of sp³-hybridized carbons (Fsp3) is 0.429. The smallest absolute Gasteiger partial charge is 0.374 e. The first-order valence-electron chi connectivity index (χ1n) is 10.1. The van der Waals surface area contributed by atoms with E-state index in [0.717, 1.165) is 49.7 Å². The van der Waals surface area contributed by atoms with Gasteiger partial charge >= 0.3 is 11.9 Å². The quantitative estimate of drug-likeness (QED) is 0.574. The van der Waals surface area contributed by atoms with Crippen molar-refractivity contribution in [2.75, 3.05) is 19.5 Å². The summed E-state index contributed by atoms with van der Waals surface area (Å²) in [7, 11) is 1.39. The first-order valence-corrected chi connectivity index (χ1v) is 11.8. The number of rotatable bonds is 3. The first-order chi connectivity index (χ1) is 14.9. The van der Waals surface area contributed by atoms with Crippen molar-refractivity contribution in [1.82, 2.24) is 9.97 Å². The number of aromatic nitrogens is 2. The van der Waals surface area contributed by atoms with Crippen LogP contribution in [0, 0.1) is 0 Å². The van der Waals surface area contributed by atoms with Crippen LogP contribution in [-0.2, 0) is 35.2 Å². The Labute approximate surface area is 186 Å². The van der Waals surface area contributed by atoms with Crippen molar-refractivity contribution in [1.29, 1.82) is 0 Å². The highest BCUT2D eigenvalue weighted by Crippen LogP contribution is 2.37. The number of carbonyl (C=O) groups is 2. The Morgan fingerprint density at radius 1 is 1.06 bits per heavy atom. The molecule has 0 aromatic carbocycles. The van der Waals surface area contributed by atoms with Crippen LogP contribution in [0.2, 0.25) is 0 Å². The van der Waals surface area contributed by atoms with E-state index in [2.05, 4.69) is 14.7 Å². The molecule has 0 saturated heterocycles. The van der Waals surface area contributed by atoms with Crippen LogP contribution in [-0.4, -0.2) is 35.6 Å². The number of ether oxygens (including phenoxy) is 2. The van der Waals surface area contributed by atoms with E-state index in [1.54, 1.807) is 6.92 Å². The zero-order chi connectivity index (χ0) is 22.1. The lowest BCUT2D eigenvalue weighted by molar-refractivity contribution is 0.0511. The Balaban J connectivity index is 0.000000158. The van der Waals surface area contributed by atoms with E-state index in [1.165, 1.54) is 39.5 Å². The lowest BCUT2D eigenvalue weighted by atomic mass is 10.1. The van der Waals surface area contributed by atoms with Crippen molar-refractivity contribution in [3.05, 3.63) is 42.6 Å². The molecule has 3 N–H and O–H groups in total. The van der Waals surface area contributed by atoms with E-state index in [0.29, 0.717) is 20.8 Å². The number of thiophene rings is 2. The Morgan fingerprint density at radius 2 is 1.74 bits per heavy atom. The van der Waals surface area contributed by atoms with Gasteiger partial charge in [-0.1, -0.05) is 0 Å². The molecular weight excluding hydrogens is 438 g/mol. The first kappa shape index (κ1) is 21.5. The number of hydrogen-bond acceptors (Lipinski definition) is 9. The zero-order valence-corrected chi connectivity index (χ0v) is 19.0. The number of anilines is 1. The molecule has 31 heavy (non-hydrogen) atoms. The number of aromatic amines is 1. The second-order valence-corrected chi connectivity index (χ2v) is 9.48. The highest BCUT2D eigenvalue weighted by molar-refractivity contribution is 7.18. The molecule has 0 fully saturated rings. The number of methoxy groups -OCH3 is 1. The summed E-state index contributed by atoms with van der Waals surface area (Å²) >= 11 is 3.04. The van der Waals surface area contributed by atoms with E-state index in [9.17, 15) is 14.4 Å². The van der Waals surface area contributed by atoms with E-state index in [1.807, 2.05) is 0 Å². The van der Waals surface area contributed by atoms with Gasteiger partial charge in [0.25, 0.3) is 5.56 Å². The SMILES string of the molecule is CCOC(=O)c1nc2sc3c(c2c(=O)[nH]1)CCC3.COC(=O)c1c(N)sc2c1CCC2. The third-order valence-electron chi connectivity index (χ3n) is 5.38. The maximum absolute atomic E-state index is 12.0. The Kier molecular flexibility index (Phi) is 6.10. The lowest BCUT2D eigenvalue weighted by Crippen LogP contribution is -2.17. The molecule has 0 bridgehead atoms. The average Bonchev–Trinajstić information content (AvgIpc) is 3.48. The molecule has 0 aliphatic heterocycles. The predicted molar refractivity (Wildman–Crippen MR) is 120 cm³/mol. The number of nitrogens with two attached hydrogens (primary N) is 1. The molecule has 0 unspecified atom stereocenters. The molecule has 0 atom stereocenters. The van der Waals surface area contributed by atoms with Crippen molar-refractivity contribution >= 4 is 49.8 Å². The minimum atomic E-state index is -0.579. The van der Waals surface area contributed by atoms with Crippen LogP contribution in [0.25, 0.3) is 10.2 Å². The molecule has 3 aromatic heterocycles. The summed E-state index contributed by atoms with van der Waals surface area (Å²) in [4.78, 5) is 44.8. The molecule has 164 valence electrons. The summed E-state index contributed by atoms with van der Waals surface area (Å²) in [5.74, 6) is -0.878. The molecule has 0 saturated carbocycles. The molecule has 8 nitrogen and oxygen atoms in total. The van der Waals surface area contributed by atoms with Gasteiger partial charge in [0.2, 0.25) is 5.82 Å². The normalized spacial score (nSPS) is 14.0. The van der Waals surface area contributed by atoms with Crippen molar-refractivity contribution in [3.63, 3.8) is 0 Å². The number of aryl methyl sites for hydroxylation is 3. The van der Waals surface area contributed by atoms with Crippen LogP contribution in [0.4, 0.5) is 5.00 Å². The molecule has 0 radical (unpaired) electrons. The van der Waals surface area contributed by atoms with Crippen LogP contribution in [0.5, 0.6) is 0 Å². The highest BCUT2D eigenvalue weighted by atomic mass is 32.1. The van der Waals surface area contributed by atoms with Gasteiger partial charge in [-0.2, -0.15) is 0 Å². The molecular formula is C21H23N3O5S2. The van der Waals surface area contributed by atoms with Crippen LogP contribution >= 0.6 is 22.7 Å². The molecule has 0 amide bonds. The van der Waals surface area contributed by atoms with Crippen LogP contribution in [0.3, 0.4) is 0 Å². The number of nitrogens with one attached hydrogen (secondary N) is 1. The van der Waals surface area contributed by atoms with Gasteiger partial charge in [0, 0.05) is 9.75 Å². The number of hydrogen-bond donors (Lipinski definition) is 2. The third-order valence-corrected chi connectivity index (χ3v) is 7.69. The van der Waals surface area contributed by atoms with E-state index >= 15 is 0 Å². The van der Waals surface area contributed by atoms with Gasteiger partial charge in [-0.15, -0.1) is 22.7 Å². The fourth-order valence-electron chi connectivity index (χ4n) is 4.05. The van der Waals surface area contributed by atoms with Gasteiger partial charge in [-0.3, -0.25) is 4.79 Å². The van der Waals surface area contributed by atoms with Gasteiger partial charge in [-0.05, 0) is 56.6 Å². The average molecular weight is 462 g/mol. The lowest BCUT2D eigenvalue weighted by Gasteiger charge is -2.00. The number of nitrogens with zero attached hydrogens (tertiary/aromatic N) is 1. The number of nitrogen functional groups attached to an aromatic ring is 1. The minimum Gasteiger partial charge on any atom is -0.465 e. The molecule has 3 aromatic rings. The van der Waals surface area contributed by atoms with E-state index < -0.39 is 5.97 Å². The summed E-state index contributed by atoms with van der Waals surface area (Å²) in [5, 5.41) is 1.26. The zero-order valence-electron chi connectivity index (χ0n) is 17.3. The van der Waals surface area contributed by atoms with Gasteiger partial charge in [0.1, 0.15) is 9.83 Å². The third kappa shape index (κ3) is 3.97. The summed E-state index contributed by atoms with van der Waals surface area (Å²) in [5.41, 5.74) is 8.35. The van der Waals surface area contributed by atoms with Crippen molar-refractivity contribution < 1.29 is 19.1 Å². The maximum Gasteiger partial charge on any atom is 0.374 e. The number of H-pyrrole nitrogens is 1. The largest absolute Gasteiger partial charge is 0.465 e. The van der Waals surface area contributed by atoms with Crippen molar-refractivity contribution in [2.24, 2.45) is 0 Å². The number of esters is 2. The minimum absolute atomic E-state index is 0.00530. The number of fused-ring (bicyclic) bond motifs is 4. The molecule has 10 heteroatoms. The summed E-state index contributed by atoms with van der Waals surface area (Å²) < 4.78 is 9.53. The Hall–Kier alpha value is -2.72. The van der Waals surface area contributed by atoms with Crippen LogP contribution in [0.15, 0.2) is 4.79 Å². The predicted octanol–water partition coefficient (Wildman–Crippen LogP) is 3.26. The van der Waals surface area contributed by atoms with Crippen LogP contribution in [0.1, 0.15) is 61.6 Å². The standard InChI is InChI=1S/C12H12N2O3S.C9H11NO2S/c1-2-17-12(16)9-13-10(15)8-6-4-3-5-7(6)18-11(8)14-9;1-12-9(11)7-5-3-2-4-6(5)13-8(7)10/h2-5H2,1H3,(H,13,14,15);2-4,10H2,1H3. The van der Waals surface area contributed by atoms with Gasteiger partial charge < -0.3 is 20.2 Å². The van der Waals surface area contributed by atoms with Gasteiger partial charge in [-0.25, -0.2) is 14.6 Å². The molecule has 2 aliphatic carbocycles. The molecule has 2 aliphatic rings. The molecule has 3 heterocycles. The number of carbonyl (C=O) groups excluding carboxylic acids is 2. The Morgan fingerprint density at radius 3 is 2.42 bits per heavy atom. The van der Waals surface area contributed by atoms with E-state index in [-0.39, 0.29) is 24.0 Å². The maximum atomic E-state index is 12.0.